The Balaban J connectivity index is 1.69. The molecule has 3 N–H and O–H groups in total. The van der Waals surface area contributed by atoms with Gasteiger partial charge in [0, 0.05) is 18.9 Å². The van der Waals surface area contributed by atoms with Gasteiger partial charge in [-0.3, -0.25) is 9.69 Å². The van der Waals surface area contributed by atoms with Crippen molar-refractivity contribution in [2.24, 2.45) is 0 Å². The summed E-state index contributed by atoms with van der Waals surface area (Å²) in [6, 6.07) is 0.960. The molecule has 0 saturated carbocycles. The summed E-state index contributed by atoms with van der Waals surface area (Å²) in [4.78, 5) is 37.3. The number of amides is 1. The van der Waals surface area contributed by atoms with Crippen LogP contribution in [0.2, 0.25) is 0 Å². The second kappa shape index (κ2) is 16.9. The van der Waals surface area contributed by atoms with Crippen molar-refractivity contribution < 1.29 is 68.8 Å². The number of aliphatic carboxylic acids is 1. The molecule has 0 radical (unpaired) electrons. The number of carbonyl (C=O) groups excluding carboxylic acids is 1. The van der Waals surface area contributed by atoms with Crippen LogP contribution in [0.3, 0.4) is 0 Å². The van der Waals surface area contributed by atoms with Gasteiger partial charge in [-0.25, -0.2) is 19.7 Å². The number of unbranched alkanes of at least 4 members (excludes halogenated alkanes) is 2. The number of carboxylic acid groups (broad SMARTS) is 1. The minimum atomic E-state index is -5.13. The zero-order chi connectivity index (χ0) is 39.1. The maximum atomic E-state index is 13.8. The lowest BCUT2D eigenvalue weighted by molar-refractivity contribution is -0.143. The molecule has 20 heteroatoms. The van der Waals surface area contributed by atoms with Gasteiger partial charge in [0.1, 0.15) is 12.3 Å². The average molecular weight is 768 g/mol. The fourth-order valence-electron chi connectivity index (χ4n) is 5.63. The molecule has 3 heterocycles. The van der Waals surface area contributed by atoms with Crippen molar-refractivity contribution in [3.8, 4) is 5.75 Å². The number of fused-ring (bicyclic) bond motifs is 1. The Hall–Kier alpha value is -4.88. The predicted octanol–water partition coefficient (Wildman–Crippen LogP) is 7.81. The molecule has 0 unspecified atom stereocenters. The molecule has 0 fully saturated rings. The third kappa shape index (κ3) is 10.8. The van der Waals surface area contributed by atoms with E-state index in [2.05, 4.69) is 20.3 Å². The van der Waals surface area contributed by atoms with E-state index in [1.807, 2.05) is 0 Å². The van der Waals surface area contributed by atoms with E-state index in [0.29, 0.717) is 37.5 Å². The molecular formula is C33H34F9N5O6. The number of pyridine rings is 1. The van der Waals surface area contributed by atoms with Crippen molar-refractivity contribution in [3.63, 3.8) is 0 Å². The Bertz CT molecular complexity index is 1720. The number of benzene rings is 1. The first kappa shape index (κ1) is 40.9. The summed E-state index contributed by atoms with van der Waals surface area (Å²) in [5.41, 5.74) is -5.36. The van der Waals surface area contributed by atoms with Crippen LogP contribution in [0.1, 0.15) is 85.3 Å². The van der Waals surface area contributed by atoms with Crippen LogP contribution in [0.15, 0.2) is 36.5 Å². The molecule has 3 aromatic rings. The number of alkyl halides is 9. The van der Waals surface area contributed by atoms with Crippen LogP contribution >= 0.6 is 0 Å². The summed E-state index contributed by atoms with van der Waals surface area (Å²) in [7, 11) is 0. The van der Waals surface area contributed by atoms with Gasteiger partial charge in [0.25, 0.3) is 0 Å². The maximum Gasteiger partial charge on any atom is 0.433 e. The zero-order valence-corrected chi connectivity index (χ0v) is 27.9. The quantitative estimate of drug-likeness (QED) is 0.110. The number of hydrogen-bond donors (Lipinski definition) is 3. The molecule has 0 spiro atoms. The van der Waals surface area contributed by atoms with Crippen LogP contribution in [0.4, 0.5) is 55.9 Å². The summed E-state index contributed by atoms with van der Waals surface area (Å²) >= 11 is 0. The number of rotatable bonds is 14. The van der Waals surface area contributed by atoms with Crippen LogP contribution in [-0.4, -0.2) is 63.1 Å². The Morgan fingerprint density at radius 3 is 2.19 bits per heavy atom. The molecule has 1 amide bonds. The number of ether oxygens (including phenoxy) is 2. The Morgan fingerprint density at radius 2 is 1.60 bits per heavy atom. The number of nitrogens with one attached hydrogen (secondary N) is 1. The molecule has 53 heavy (non-hydrogen) atoms. The lowest BCUT2D eigenvalue weighted by atomic mass is 9.93. The third-order valence-electron chi connectivity index (χ3n) is 8.08. The third-order valence-corrected chi connectivity index (χ3v) is 8.08. The van der Waals surface area contributed by atoms with Gasteiger partial charge < -0.3 is 25.0 Å². The smallest absolute Gasteiger partial charge is 0.433 e. The van der Waals surface area contributed by atoms with Crippen LogP contribution in [0.5, 0.6) is 5.75 Å². The van der Waals surface area contributed by atoms with Crippen molar-refractivity contribution in [2.75, 3.05) is 30.0 Å². The highest BCUT2D eigenvalue weighted by Gasteiger charge is 2.41. The number of anilines is 2. The predicted molar refractivity (Wildman–Crippen MR) is 168 cm³/mol. The highest BCUT2D eigenvalue weighted by atomic mass is 19.4. The SMILES string of the molecule is CC[C@@H]1C[C@H](Nc2ncc(OCCO)c(Cc3cc(C(F)(F)F)cc(C(F)(F)F)c3)n2)c2nc(C(F)(F)F)ccc2N1C(=O)OCCCCCC(=O)O. The van der Waals surface area contributed by atoms with Gasteiger partial charge >= 0.3 is 30.6 Å². The van der Waals surface area contributed by atoms with E-state index in [1.54, 1.807) is 6.92 Å². The minimum absolute atomic E-state index is 0.0313. The molecule has 0 aliphatic carbocycles. The van der Waals surface area contributed by atoms with Crippen molar-refractivity contribution >= 4 is 23.7 Å². The van der Waals surface area contributed by atoms with E-state index < -0.39 is 78.1 Å². The standard InChI is InChI=1S/C33H34F9N5O6/c1-2-21-16-23(28-24(7-8-26(46-28)33(40,41)42)47(21)30(51)53-10-5-3-4-6-27(49)50)45-29-43-17-25(52-11-9-48)22(44-29)14-18-12-19(31(34,35)36)15-20(13-18)32(37,38)39/h7-8,12-13,15,17,21,23,48H,2-6,9-11,14,16H2,1H3,(H,49,50)(H,43,44,45)/t21-,23+/m1/s1. The van der Waals surface area contributed by atoms with E-state index >= 15 is 0 Å². The van der Waals surface area contributed by atoms with Crippen molar-refractivity contribution in [3.05, 3.63) is 70.3 Å². The van der Waals surface area contributed by atoms with Gasteiger partial charge in [0.05, 0.1) is 53.7 Å². The molecule has 1 aliphatic heterocycles. The first-order valence-corrected chi connectivity index (χ1v) is 16.2. The second-order valence-corrected chi connectivity index (χ2v) is 11.9. The fourth-order valence-corrected chi connectivity index (χ4v) is 5.63. The van der Waals surface area contributed by atoms with Gasteiger partial charge in [-0.2, -0.15) is 39.5 Å². The molecule has 2 aromatic heterocycles. The van der Waals surface area contributed by atoms with Crippen molar-refractivity contribution in [1.29, 1.82) is 0 Å². The first-order valence-electron chi connectivity index (χ1n) is 16.2. The molecule has 0 saturated heterocycles. The average Bonchev–Trinajstić information content (AvgIpc) is 3.07. The largest absolute Gasteiger partial charge is 0.488 e. The topological polar surface area (TPSA) is 147 Å². The summed E-state index contributed by atoms with van der Waals surface area (Å²) < 4.78 is 134. The monoisotopic (exact) mass is 767 g/mol. The summed E-state index contributed by atoms with van der Waals surface area (Å²) in [6.45, 7) is 0.762. The van der Waals surface area contributed by atoms with E-state index in [-0.39, 0.29) is 67.3 Å². The van der Waals surface area contributed by atoms with E-state index in [4.69, 9.17) is 14.6 Å². The van der Waals surface area contributed by atoms with Crippen LogP contribution in [0.25, 0.3) is 0 Å². The number of halogens is 9. The molecule has 290 valence electrons. The van der Waals surface area contributed by atoms with E-state index in [1.165, 1.54) is 4.90 Å². The minimum Gasteiger partial charge on any atom is -0.488 e. The van der Waals surface area contributed by atoms with Gasteiger partial charge in [-0.1, -0.05) is 6.92 Å². The van der Waals surface area contributed by atoms with Crippen molar-refractivity contribution in [1.82, 2.24) is 15.0 Å². The van der Waals surface area contributed by atoms with Gasteiger partial charge in [0.2, 0.25) is 5.95 Å². The number of aliphatic hydroxyl groups excluding tert-OH is 1. The Morgan fingerprint density at radius 1 is 0.925 bits per heavy atom. The lowest BCUT2D eigenvalue weighted by Crippen LogP contribution is -2.46. The summed E-state index contributed by atoms with van der Waals surface area (Å²) in [5, 5.41) is 20.9. The fraction of sp³-hybridized carbons (Fsp3) is 0.485. The van der Waals surface area contributed by atoms with Gasteiger partial charge in [-0.05, 0) is 68.0 Å². The Labute approximate surface area is 296 Å². The van der Waals surface area contributed by atoms with E-state index in [9.17, 15) is 54.2 Å². The lowest BCUT2D eigenvalue weighted by Gasteiger charge is -2.39. The summed E-state index contributed by atoms with van der Waals surface area (Å²) in [5.74, 6) is -1.48. The molecule has 2 atom stereocenters. The highest BCUT2D eigenvalue weighted by molar-refractivity contribution is 5.90. The molecular weight excluding hydrogens is 733 g/mol. The highest BCUT2D eigenvalue weighted by Crippen LogP contribution is 2.42. The number of nitrogens with zero attached hydrogens (tertiary/aromatic N) is 4. The second-order valence-electron chi connectivity index (χ2n) is 11.9. The van der Waals surface area contributed by atoms with Crippen molar-refractivity contribution in [2.45, 2.75) is 82.5 Å². The number of aliphatic hydroxyl groups is 1. The van der Waals surface area contributed by atoms with Crippen LogP contribution in [-0.2, 0) is 34.5 Å². The molecule has 1 aliphatic rings. The molecule has 0 bridgehead atoms. The van der Waals surface area contributed by atoms with Crippen LogP contribution in [0, 0.1) is 0 Å². The van der Waals surface area contributed by atoms with Crippen LogP contribution < -0.4 is 15.0 Å². The number of carbonyl (C=O) groups is 2. The molecule has 4 rings (SSSR count). The zero-order valence-electron chi connectivity index (χ0n) is 27.9. The maximum absolute atomic E-state index is 13.8. The Kier molecular flexibility index (Phi) is 13.0. The molecule has 11 nitrogen and oxygen atoms in total. The summed E-state index contributed by atoms with van der Waals surface area (Å²) in [6.07, 6.45) is -14.3. The van der Waals surface area contributed by atoms with E-state index in [0.717, 1.165) is 12.3 Å². The number of carboxylic acids is 1. The first-order chi connectivity index (χ1) is 24.8. The van der Waals surface area contributed by atoms with Gasteiger partial charge in [-0.15, -0.1) is 0 Å². The number of aromatic nitrogens is 3. The number of hydrogen-bond acceptors (Lipinski definition) is 9. The normalized spacial score (nSPS) is 16.2. The molecule has 1 aromatic carbocycles. The van der Waals surface area contributed by atoms with Gasteiger partial charge in [0.15, 0.2) is 5.75 Å².